The van der Waals surface area contributed by atoms with Crippen molar-refractivity contribution in [1.29, 1.82) is 0 Å². The molecule has 0 bridgehead atoms. The number of amides is 1. The molecule has 0 aliphatic carbocycles. The quantitative estimate of drug-likeness (QED) is 0.174. The van der Waals surface area contributed by atoms with Gasteiger partial charge in [0.1, 0.15) is 23.3 Å². The predicted molar refractivity (Wildman–Crippen MR) is 144 cm³/mol. The molecule has 0 aliphatic rings. The number of rotatable bonds is 8. The third-order valence-corrected chi connectivity index (χ3v) is 5.93. The zero-order valence-corrected chi connectivity index (χ0v) is 21.6. The van der Waals surface area contributed by atoms with Gasteiger partial charge in [0, 0.05) is 24.7 Å². The lowest BCUT2D eigenvalue weighted by atomic mass is 9.88. The molecule has 4 aromatic carbocycles. The maximum Gasteiger partial charge on any atom is 0.222 e. The molecule has 0 fully saturated rings. The summed E-state index contributed by atoms with van der Waals surface area (Å²) < 4.78 is 53.1. The third kappa shape index (κ3) is 9.67. The second kappa shape index (κ2) is 14.8. The molecule has 0 unspecified atom stereocenters. The summed E-state index contributed by atoms with van der Waals surface area (Å²) in [6.45, 7) is 0. The summed E-state index contributed by atoms with van der Waals surface area (Å²) in [6, 6.07) is 23.6. The van der Waals surface area contributed by atoms with Crippen LogP contribution in [0.4, 0.5) is 17.6 Å². The highest BCUT2D eigenvalue weighted by atomic mass is 35.5. The zero-order valence-electron chi connectivity index (χ0n) is 20.8. The molecule has 4 nitrogen and oxygen atoms in total. The van der Waals surface area contributed by atoms with Crippen LogP contribution in [-0.4, -0.2) is 11.1 Å². The van der Waals surface area contributed by atoms with Gasteiger partial charge >= 0.3 is 0 Å². The van der Waals surface area contributed by atoms with E-state index in [1.54, 1.807) is 48.5 Å². The number of benzene rings is 4. The highest BCUT2D eigenvalue weighted by Crippen LogP contribution is 2.30. The van der Waals surface area contributed by atoms with Gasteiger partial charge in [0.05, 0.1) is 0 Å². The summed E-state index contributed by atoms with van der Waals surface area (Å²) in [5.74, 6) is -3.01. The van der Waals surface area contributed by atoms with E-state index in [0.717, 1.165) is 0 Å². The zero-order chi connectivity index (χ0) is 27.7. The second-order valence-corrected chi connectivity index (χ2v) is 8.98. The minimum absolute atomic E-state index is 0. The Morgan fingerprint density at radius 1 is 0.590 bits per heavy atom. The molecule has 0 atom stereocenters. The van der Waals surface area contributed by atoms with E-state index >= 15 is 0 Å². The Balaban J connectivity index is 0.000000267. The summed E-state index contributed by atoms with van der Waals surface area (Å²) in [4.78, 5) is 22.3. The Labute approximate surface area is 229 Å². The molecule has 1 amide bonds. The van der Waals surface area contributed by atoms with E-state index in [1.165, 1.54) is 48.5 Å². The molecule has 4 rings (SSSR count). The van der Waals surface area contributed by atoms with E-state index < -0.39 is 46.3 Å². The fourth-order valence-corrected chi connectivity index (χ4v) is 4.27. The molecule has 0 radical (unpaired) electrons. The van der Waals surface area contributed by atoms with E-state index in [2.05, 4.69) is 0 Å². The largest absolute Gasteiger partial charge is 0.370 e. The van der Waals surface area contributed by atoms with Crippen LogP contribution in [0.2, 0.25) is 0 Å². The molecule has 39 heavy (non-hydrogen) atoms. The molecule has 4 aromatic rings. The van der Waals surface area contributed by atoms with Gasteiger partial charge in [-0.15, -0.1) is 0 Å². The molecule has 9 heteroatoms. The van der Waals surface area contributed by atoms with Crippen molar-refractivity contribution in [3.8, 4) is 0 Å². The van der Waals surface area contributed by atoms with Crippen molar-refractivity contribution in [1.82, 2.24) is 6.15 Å². The molecule has 5 N–H and O–H groups in total. The number of hydrogen-bond acceptors (Lipinski definition) is 3. The second-order valence-electron chi connectivity index (χ2n) is 8.55. The van der Waals surface area contributed by atoms with E-state index in [4.69, 9.17) is 17.3 Å². The Hall–Kier alpha value is -4.01. The maximum absolute atomic E-state index is 13.3. The van der Waals surface area contributed by atoms with Crippen molar-refractivity contribution >= 4 is 22.8 Å². The number of carbonyl (C=O) groups is 2. The smallest absolute Gasteiger partial charge is 0.222 e. The van der Waals surface area contributed by atoms with Crippen molar-refractivity contribution in [3.63, 3.8) is 0 Å². The minimum atomic E-state index is -0.543. The Kier molecular flexibility index (Phi) is 11.8. The average molecular weight is 559 g/mol. The summed E-state index contributed by atoms with van der Waals surface area (Å²) >= 11 is 5.43. The Bertz CT molecular complexity index is 1220. The van der Waals surface area contributed by atoms with Crippen LogP contribution in [0.1, 0.15) is 46.9 Å². The lowest BCUT2D eigenvalue weighted by molar-refractivity contribution is -0.118. The van der Waals surface area contributed by atoms with Gasteiger partial charge in [-0.05, 0) is 82.4 Å². The number of halogens is 5. The summed E-state index contributed by atoms with van der Waals surface area (Å²) in [5, 5.41) is -0.543. The standard InChI is InChI=1S/C15H11ClF2O.C15H13F2NO.H3N/c16-15(19)9-14(10-3-1-5-12(17)7-10)11-4-2-6-13(18)8-11;16-12-5-1-3-10(7-12)14(9-15(18)19)11-4-2-6-13(17)8-11;/h1-8,14H,9H2;1-8,14H,9H2,(H2,18,19);1H3. The molecular weight excluding hydrogens is 532 g/mol. The van der Waals surface area contributed by atoms with Gasteiger partial charge < -0.3 is 11.9 Å². The third-order valence-electron chi connectivity index (χ3n) is 5.77. The molecule has 0 saturated carbocycles. The highest BCUT2D eigenvalue weighted by Gasteiger charge is 2.19. The fourth-order valence-electron chi connectivity index (χ4n) is 4.11. The van der Waals surface area contributed by atoms with Crippen LogP contribution in [-0.2, 0) is 9.59 Å². The topological polar surface area (TPSA) is 95.2 Å². The first-order valence-electron chi connectivity index (χ1n) is 11.6. The van der Waals surface area contributed by atoms with Gasteiger partial charge in [0.2, 0.25) is 11.1 Å². The van der Waals surface area contributed by atoms with Crippen molar-refractivity contribution in [2.75, 3.05) is 0 Å². The lowest BCUT2D eigenvalue weighted by Crippen LogP contribution is -2.16. The Morgan fingerprint density at radius 2 is 0.872 bits per heavy atom. The minimum Gasteiger partial charge on any atom is -0.370 e. The van der Waals surface area contributed by atoms with Crippen LogP contribution < -0.4 is 11.9 Å². The number of carbonyl (C=O) groups excluding carboxylic acids is 2. The first-order valence-corrected chi connectivity index (χ1v) is 12.0. The van der Waals surface area contributed by atoms with Crippen LogP contribution >= 0.6 is 11.6 Å². The highest BCUT2D eigenvalue weighted by molar-refractivity contribution is 6.63. The van der Waals surface area contributed by atoms with Gasteiger partial charge in [0.15, 0.2) is 0 Å². The van der Waals surface area contributed by atoms with Crippen molar-refractivity contribution in [2.45, 2.75) is 24.7 Å². The van der Waals surface area contributed by atoms with Gasteiger partial charge in [0.25, 0.3) is 0 Å². The monoisotopic (exact) mass is 558 g/mol. The van der Waals surface area contributed by atoms with E-state index in [0.29, 0.717) is 22.3 Å². The normalized spacial score (nSPS) is 10.4. The molecular formula is C30H27ClF4N2O2. The van der Waals surface area contributed by atoms with Crippen LogP contribution in [0.5, 0.6) is 0 Å². The van der Waals surface area contributed by atoms with Crippen LogP contribution in [0, 0.1) is 23.3 Å². The van der Waals surface area contributed by atoms with Crippen molar-refractivity contribution in [3.05, 3.63) is 143 Å². The summed E-state index contributed by atoms with van der Waals surface area (Å²) in [7, 11) is 0. The van der Waals surface area contributed by atoms with Crippen LogP contribution in [0.15, 0.2) is 97.1 Å². The van der Waals surface area contributed by atoms with Crippen molar-refractivity contribution < 1.29 is 27.2 Å². The van der Waals surface area contributed by atoms with E-state index in [-0.39, 0.29) is 19.0 Å². The molecule has 0 aromatic heterocycles. The Morgan fingerprint density at radius 3 is 1.10 bits per heavy atom. The number of primary amides is 1. The first kappa shape index (κ1) is 31.2. The van der Waals surface area contributed by atoms with E-state index in [9.17, 15) is 27.2 Å². The summed E-state index contributed by atoms with van der Waals surface area (Å²) in [6.07, 6.45) is 0.00136. The molecule has 0 heterocycles. The van der Waals surface area contributed by atoms with Crippen LogP contribution in [0.25, 0.3) is 0 Å². The van der Waals surface area contributed by atoms with Gasteiger partial charge in [-0.25, -0.2) is 17.6 Å². The van der Waals surface area contributed by atoms with E-state index in [1.807, 2.05) is 0 Å². The molecule has 0 spiro atoms. The van der Waals surface area contributed by atoms with Crippen LogP contribution in [0.3, 0.4) is 0 Å². The lowest BCUT2D eigenvalue weighted by Gasteiger charge is -2.16. The maximum atomic E-state index is 13.3. The SMILES string of the molecule is N.NC(=O)CC(c1cccc(F)c1)c1cccc(F)c1.O=C(Cl)CC(c1cccc(F)c1)c1cccc(F)c1. The number of nitrogens with two attached hydrogens (primary N) is 1. The van der Waals surface area contributed by atoms with Crippen molar-refractivity contribution in [2.24, 2.45) is 5.73 Å². The molecule has 0 aliphatic heterocycles. The van der Waals surface area contributed by atoms with Gasteiger partial charge in [-0.2, -0.15) is 0 Å². The fraction of sp³-hybridized carbons (Fsp3) is 0.133. The molecule has 0 saturated heterocycles. The van der Waals surface area contributed by atoms with Gasteiger partial charge in [-0.3, -0.25) is 9.59 Å². The predicted octanol–water partition coefficient (Wildman–Crippen LogP) is 7.39. The van der Waals surface area contributed by atoms with Gasteiger partial charge in [-0.1, -0.05) is 48.5 Å². The molecule has 204 valence electrons. The summed E-state index contributed by atoms with van der Waals surface area (Å²) in [5.41, 5.74) is 7.61. The first-order chi connectivity index (χ1) is 18.1. The average Bonchev–Trinajstić information content (AvgIpc) is 2.86. The number of hydrogen-bond donors (Lipinski definition) is 2.